The van der Waals surface area contributed by atoms with Crippen LogP contribution in [0.2, 0.25) is 0 Å². The van der Waals surface area contributed by atoms with Crippen LogP contribution in [-0.4, -0.2) is 18.2 Å². The molecule has 0 aliphatic carbocycles. The summed E-state index contributed by atoms with van der Waals surface area (Å²) in [6.07, 6.45) is 0.0162. The molecule has 0 radical (unpaired) electrons. The summed E-state index contributed by atoms with van der Waals surface area (Å²) >= 11 is 0. The van der Waals surface area contributed by atoms with Gasteiger partial charge in [0.05, 0.1) is 7.11 Å². The Kier molecular flexibility index (Phi) is 5.93. The fourth-order valence-corrected chi connectivity index (χ4v) is 2.48. The first kappa shape index (κ1) is 16.8. The summed E-state index contributed by atoms with van der Waals surface area (Å²) in [6.45, 7) is 3.72. The van der Waals surface area contributed by atoms with Gasteiger partial charge in [0.15, 0.2) is 0 Å². The first-order chi connectivity index (χ1) is 11.2. The van der Waals surface area contributed by atoms with Gasteiger partial charge < -0.3 is 9.84 Å². The van der Waals surface area contributed by atoms with Crippen LogP contribution in [-0.2, 0) is 16.0 Å². The summed E-state index contributed by atoms with van der Waals surface area (Å²) in [7, 11) is 1.38. The molecule has 3 heteroatoms. The van der Waals surface area contributed by atoms with Gasteiger partial charge in [0.1, 0.15) is 6.10 Å². The number of aryl methyl sites for hydroxylation is 1. The number of ether oxygens (including phenoxy) is 1. The molecule has 1 atom stereocenters. The molecule has 0 saturated heterocycles. The Balaban J connectivity index is 2.32. The average molecular weight is 308 g/mol. The maximum atomic E-state index is 11.4. The number of hydrogen-bond donors (Lipinski definition) is 1. The van der Waals surface area contributed by atoms with E-state index in [1.807, 2.05) is 54.6 Å². The summed E-state index contributed by atoms with van der Waals surface area (Å²) in [4.78, 5) is 11.4. The van der Waals surface area contributed by atoms with Crippen molar-refractivity contribution in [3.05, 3.63) is 83.6 Å². The van der Waals surface area contributed by atoms with E-state index < -0.39 is 6.10 Å². The second kappa shape index (κ2) is 8.14. The molecular weight excluding hydrogens is 288 g/mol. The Bertz CT molecular complexity index is 713. The number of carbonyl (C=O) groups is 1. The third-order valence-corrected chi connectivity index (χ3v) is 3.71. The van der Waals surface area contributed by atoms with Gasteiger partial charge in [0, 0.05) is 12.0 Å². The van der Waals surface area contributed by atoms with Crippen LogP contribution in [0.15, 0.2) is 66.9 Å². The molecule has 0 aromatic heterocycles. The Morgan fingerprint density at radius 1 is 1.17 bits per heavy atom. The largest absolute Gasteiger partial charge is 0.469 e. The van der Waals surface area contributed by atoms with Crippen molar-refractivity contribution in [3.63, 3.8) is 0 Å². The Hall–Kier alpha value is -2.61. The molecule has 2 aromatic carbocycles. The number of aliphatic hydroxyl groups excluding tert-OH is 1. The van der Waals surface area contributed by atoms with Crippen molar-refractivity contribution in [2.75, 3.05) is 7.11 Å². The minimum absolute atomic E-state index is 0.257. The lowest BCUT2D eigenvalue weighted by molar-refractivity contribution is -0.140. The predicted molar refractivity (Wildman–Crippen MR) is 90.7 cm³/mol. The highest BCUT2D eigenvalue weighted by molar-refractivity contribution is 5.73. The van der Waals surface area contributed by atoms with Gasteiger partial charge in [-0.25, -0.2) is 0 Å². The molecule has 0 bridgehead atoms. The van der Waals surface area contributed by atoms with Crippen molar-refractivity contribution in [2.24, 2.45) is 0 Å². The highest BCUT2D eigenvalue weighted by Crippen LogP contribution is 2.31. The maximum absolute atomic E-state index is 11.4. The second-order valence-electron chi connectivity index (χ2n) is 5.14. The molecule has 2 rings (SSSR count). The van der Waals surface area contributed by atoms with E-state index in [-0.39, 0.29) is 5.97 Å². The third kappa shape index (κ3) is 4.19. The highest BCUT2D eigenvalue weighted by atomic mass is 16.5. The van der Waals surface area contributed by atoms with E-state index in [0.717, 1.165) is 16.7 Å². The molecule has 118 valence electrons. The number of carbonyl (C=O) groups excluding carboxylic acids is 1. The first-order valence-corrected chi connectivity index (χ1v) is 7.45. The zero-order valence-corrected chi connectivity index (χ0v) is 13.2. The molecule has 0 saturated carbocycles. The van der Waals surface area contributed by atoms with Crippen LogP contribution in [0.5, 0.6) is 0 Å². The first-order valence-electron chi connectivity index (χ1n) is 7.45. The van der Waals surface area contributed by atoms with Crippen molar-refractivity contribution >= 4 is 11.5 Å². The summed E-state index contributed by atoms with van der Waals surface area (Å²) in [6, 6.07) is 17.0. The molecular formula is C20H20O3. The fourth-order valence-electron chi connectivity index (χ4n) is 2.48. The number of esters is 1. The molecule has 0 amide bonds. The van der Waals surface area contributed by atoms with Crippen LogP contribution in [0.4, 0.5) is 0 Å². The molecule has 2 aromatic rings. The Labute approximate surface area is 136 Å². The minimum atomic E-state index is -0.812. The van der Waals surface area contributed by atoms with E-state index in [2.05, 4.69) is 12.3 Å². The van der Waals surface area contributed by atoms with Gasteiger partial charge in [0.2, 0.25) is 0 Å². The maximum Gasteiger partial charge on any atom is 0.305 e. The molecule has 1 N–H and O–H groups in total. The Morgan fingerprint density at radius 3 is 2.48 bits per heavy atom. The molecule has 0 aliphatic rings. The van der Waals surface area contributed by atoms with Gasteiger partial charge >= 0.3 is 5.97 Å². The molecule has 23 heavy (non-hydrogen) atoms. The van der Waals surface area contributed by atoms with Crippen LogP contribution in [0, 0.1) is 0 Å². The quantitative estimate of drug-likeness (QED) is 0.654. The van der Waals surface area contributed by atoms with Crippen LogP contribution < -0.4 is 0 Å². The number of aliphatic hydroxyl groups is 1. The molecule has 0 spiro atoms. The summed E-state index contributed by atoms with van der Waals surface area (Å²) in [5.74, 6) is -0.257. The SMILES string of the molecule is C=C=C(c1ccccc1CCC(=O)OC)C(O)c1ccccc1. The lowest BCUT2D eigenvalue weighted by atomic mass is 9.91. The molecule has 0 fully saturated rings. The lowest BCUT2D eigenvalue weighted by Gasteiger charge is -2.17. The molecule has 0 heterocycles. The normalized spacial score (nSPS) is 11.4. The zero-order valence-electron chi connectivity index (χ0n) is 13.2. The van der Waals surface area contributed by atoms with Crippen LogP contribution >= 0.6 is 0 Å². The number of benzene rings is 2. The van der Waals surface area contributed by atoms with Crippen molar-refractivity contribution in [2.45, 2.75) is 18.9 Å². The van der Waals surface area contributed by atoms with Gasteiger partial charge in [-0.1, -0.05) is 61.2 Å². The van der Waals surface area contributed by atoms with Crippen LogP contribution in [0.25, 0.3) is 5.57 Å². The van der Waals surface area contributed by atoms with Crippen molar-refractivity contribution in [3.8, 4) is 0 Å². The van der Waals surface area contributed by atoms with E-state index in [1.54, 1.807) is 0 Å². The Morgan fingerprint density at radius 2 is 1.83 bits per heavy atom. The number of hydrogen-bond acceptors (Lipinski definition) is 3. The third-order valence-electron chi connectivity index (χ3n) is 3.71. The monoisotopic (exact) mass is 308 g/mol. The number of rotatable bonds is 6. The van der Waals surface area contributed by atoms with Crippen LogP contribution in [0.1, 0.15) is 29.2 Å². The van der Waals surface area contributed by atoms with E-state index in [9.17, 15) is 9.90 Å². The van der Waals surface area contributed by atoms with Gasteiger partial charge in [-0.15, -0.1) is 5.73 Å². The fraction of sp³-hybridized carbons (Fsp3) is 0.200. The van der Waals surface area contributed by atoms with Crippen molar-refractivity contribution in [1.82, 2.24) is 0 Å². The van der Waals surface area contributed by atoms with Crippen molar-refractivity contribution < 1.29 is 14.6 Å². The molecule has 1 unspecified atom stereocenters. The standard InChI is InChI=1S/C20H20O3/c1-3-17(20(22)16-10-5-4-6-11-16)18-12-8-7-9-15(18)13-14-19(21)23-2/h4-12,20,22H,1,13-14H2,2H3. The highest BCUT2D eigenvalue weighted by Gasteiger charge is 2.17. The van der Waals surface area contributed by atoms with Gasteiger partial charge in [-0.3, -0.25) is 4.79 Å². The van der Waals surface area contributed by atoms with Gasteiger partial charge in [-0.05, 0) is 23.1 Å². The molecule has 0 aliphatic heterocycles. The summed E-state index contributed by atoms with van der Waals surface area (Å²) in [5.41, 5.74) is 6.05. The average Bonchev–Trinajstić information content (AvgIpc) is 2.61. The number of methoxy groups -OCH3 is 1. The second-order valence-corrected chi connectivity index (χ2v) is 5.14. The van der Waals surface area contributed by atoms with Gasteiger partial charge in [-0.2, -0.15) is 0 Å². The smallest absolute Gasteiger partial charge is 0.305 e. The van der Waals surface area contributed by atoms with Gasteiger partial charge in [0.25, 0.3) is 0 Å². The topological polar surface area (TPSA) is 46.5 Å². The predicted octanol–water partition coefficient (Wildman–Crippen LogP) is 3.69. The van der Waals surface area contributed by atoms with Crippen molar-refractivity contribution in [1.29, 1.82) is 0 Å². The molecule has 3 nitrogen and oxygen atoms in total. The van der Waals surface area contributed by atoms with E-state index in [1.165, 1.54) is 7.11 Å². The summed E-state index contributed by atoms with van der Waals surface area (Å²) < 4.78 is 4.69. The van der Waals surface area contributed by atoms with E-state index >= 15 is 0 Å². The van der Waals surface area contributed by atoms with Crippen LogP contribution in [0.3, 0.4) is 0 Å². The lowest BCUT2D eigenvalue weighted by Crippen LogP contribution is -2.06. The summed E-state index contributed by atoms with van der Waals surface area (Å²) in [5, 5.41) is 10.7. The van der Waals surface area contributed by atoms with E-state index in [0.29, 0.717) is 18.4 Å². The minimum Gasteiger partial charge on any atom is -0.469 e. The zero-order chi connectivity index (χ0) is 16.7. The van der Waals surface area contributed by atoms with E-state index in [4.69, 9.17) is 4.74 Å².